The molecule has 19 heavy (non-hydrogen) atoms. The van der Waals surface area contributed by atoms with E-state index < -0.39 is 5.92 Å². The van der Waals surface area contributed by atoms with Gasteiger partial charge in [0.25, 0.3) is 0 Å². The van der Waals surface area contributed by atoms with Gasteiger partial charge in [-0.3, -0.25) is 0 Å². The summed E-state index contributed by atoms with van der Waals surface area (Å²) in [5.41, 5.74) is 3.16. The molecular formula is C15H18F2N2. The molecule has 0 saturated carbocycles. The molecule has 2 unspecified atom stereocenters. The van der Waals surface area contributed by atoms with Crippen molar-refractivity contribution in [3.8, 4) is 0 Å². The van der Waals surface area contributed by atoms with Gasteiger partial charge in [0.05, 0.1) is 6.04 Å². The van der Waals surface area contributed by atoms with Gasteiger partial charge in [-0.05, 0) is 31.9 Å². The lowest BCUT2D eigenvalue weighted by molar-refractivity contribution is 0.000144. The fourth-order valence-electron chi connectivity index (χ4n) is 3.05. The van der Waals surface area contributed by atoms with Crippen LogP contribution < -0.4 is 5.32 Å². The minimum absolute atomic E-state index is 0.169. The Labute approximate surface area is 111 Å². The lowest BCUT2D eigenvalue weighted by Crippen LogP contribution is -2.39. The van der Waals surface area contributed by atoms with Gasteiger partial charge in [0, 0.05) is 29.1 Å². The first-order chi connectivity index (χ1) is 8.94. The van der Waals surface area contributed by atoms with Crippen LogP contribution in [-0.4, -0.2) is 16.9 Å². The first kappa shape index (κ1) is 12.6. The van der Waals surface area contributed by atoms with Crippen LogP contribution in [0.25, 0.3) is 10.9 Å². The maximum Gasteiger partial charge on any atom is 0.247 e. The number of nitrogens with one attached hydrogen (secondary N) is 2. The van der Waals surface area contributed by atoms with Gasteiger partial charge in [0.15, 0.2) is 0 Å². The van der Waals surface area contributed by atoms with Crippen molar-refractivity contribution in [1.29, 1.82) is 0 Å². The Morgan fingerprint density at radius 2 is 2.05 bits per heavy atom. The van der Waals surface area contributed by atoms with E-state index >= 15 is 0 Å². The van der Waals surface area contributed by atoms with Crippen LogP contribution in [0.5, 0.6) is 0 Å². The fourth-order valence-corrected chi connectivity index (χ4v) is 3.05. The number of benzene rings is 1. The van der Waals surface area contributed by atoms with E-state index in [9.17, 15) is 8.78 Å². The van der Waals surface area contributed by atoms with Crippen LogP contribution in [0.2, 0.25) is 0 Å². The van der Waals surface area contributed by atoms with E-state index in [4.69, 9.17) is 0 Å². The Bertz CT molecular complexity index is 598. The molecule has 102 valence electrons. The monoisotopic (exact) mass is 264 g/mol. The van der Waals surface area contributed by atoms with Gasteiger partial charge in [-0.2, -0.15) is 0 Å². The fraction of sp³-hybridized carbons (Fsp3) is 0.467. The molecule has 1 aliphatic heterocycles. The molecule has 0 aliphatic carbocycles. The van der Waals surface area contributed by atoms with Crippen LogP contribution in [0, 0.1) is 0 Å². The summed E-state index contributed by atoms with van der Waals surface area (Å²) in [4.78, 5) is 3.31. The summed E-state index contributed by atoms with van der Waals surface area (Å²) in [5, 5.41) is 4.44. The number of aromatic amines is 1. The van der Waals surface area contributed by atoms with Crippen molar-refractivity contribution in [3.05, 3.63) is 35.5 Å². The molecule has 1 aliphatic rings. The number of alkyl halides is 2. The summed E-state index contributed by atoms with van der Waals surface area (Å²) in [5.74, 6) is -2.66. The van der Waals surface area contributed by atoms with Crippen LogP contribution in [-0.2, 0) is 6.42 Å². The predicted octanol–water partition coefficient (Wildman–Crippen LogP) is 3.79. The number of fused-ring (bicyclic) bond motifs is 3. The predicted molar refractivity (Wildman–Crippen MR) is 72.6 cm³/mol. The number of H-pyrrole nitrogens is 1. The van der Waals surface area contributed by atoms with E-state index in [1.165, 1.54) is 5.56 Å². The summed E-state index contributed by atoms with van der Waals surface area (Å²) in [6, 6.07) is 7.94. The van der Waals surface area contributed by atoms with Gasteiger partial charge < -0.3 is 10.3 Å². The Morgan fingerprint density at radius 3 is 2.79 bits per heavy atom. The molecular weight excluding hydrogens is 246 g/mol. The van der Waals surface area contributed by atoms with Gasteiger partial charge >= 0.3 is 0 Å². The molecule has 2 atom stereocenters. The molecule has 2 heterocycles. The van der Waals surface area contributed by atoms with Crippen LogP contribution in [0.4, 0.5) is 8.78 Å². The van der Waals surface area contributed by atoms with E-state index in [1.807, 2.05) is 25.1 Å². The SMILES string of the molecule is CC1Cc2c([nH]c3ccccc23)C(CC(C)(F)F)N1. The van der Waals surface area contributed by atoms with Crippen molar-refractivity contribution in [2.24, 2.45) is 0 Å². The summed E-state index contributed by atoms with van der Waals surface area (Å²) < 4.78 is 26.7. The maximum atomic E-state index is 13.3. The number of rotatable bonds is 2. The zero-order chi connectivity index (χ0) is 13.6. The third-order valence-corrected chi connectivity index (χ3v) is 3.75. The van der Waals surface area contributed by atoms with Gasteiger partial charge in [-0.25, -0.2) is 8.78 Å². The first-order valence-electron chi connectivity index (χ1n) is 6.67. The van der Waals surface area contributed by atoms with E-state index in [0.29, 0.717) is 0 Å². The summed E-state index contributed by atoms with van der Waals surface area (Å²) >= 11 is 0. The average Bonchev–Trinajstić information content (AvgIpc) is 2.66. The second kappa shape index (κ2) is 4.30. The van der Waals surface area contributed by atoms with E-state index in [2.05, 4.69) is 16.4 Å². The number of para-hydroxylation sites is 1. The van der Waals surface area contributed by atoms with Gasteiger partial charge in [-0.1, -0.05) is 18.2 Å². The van der Waals surface area contributed by atoms with Crippen molar-refractivity contribution in [1.82, 2.24) is 10.3 Å². The van der Waals surface area contributed by atoms with Crippen LogP contribution in [0.3, 0.4) is 0 Å². The minimum Gasteiger partial charge on any atom is -0.357 e. The van der Waals surface area contributed by atoms with Gasteiger partial charge in [0.1, 0.15) is 0 Å². The molecule has 1 aromatic carbocycles. The summed E-state index contributed by atoms with van der Waals surface area (Å²) in [6.45, 7) is 3.03. The highest BCUT2D eigenvalue weighted by atomic mass is 19.3. The molecule has 0 spiro atoms. The van der Waals surface area contributed by atoms with E-state index in [0.717, 1.165) is 29.9 Å². The number of halogens is 2. The lowest BCUT2D eigenvalue weighted by Gasteiger charge is -2.31. The average molecular weight is 264 g/mol. The molecule has 2 N–H and O–H groups in total. The topological polar surface area (TPSA) is 27.8 Å². The molecule has 3 rings (SSSR count). The zero-order valence-electron chi connectivity index (χ0n) is 11.1. The Morgan fingerprint density at radius 1 is 1.32 bits per heavy atom. The van der Waals surface area contributed by atoms with Crippen molar-refractivity contribution in [2.75, 3.05) is 0 Å². The number of hydrogen-bond acceptors (Lipinski definition) is 1. The summed E-state index contributed by atoms with van der Waals surface area (Å²) in [6.07, 6.45) is 0.711. The third-order valence-electron chi connectivity index (χ3n) is 3.75. The molecule has 1 aromatic heterocycles. The van der Waals surface area contributed by atoms with Crippen LogP contribution in [0.1, 0.15) is 37.6 Å². The summed E-state index contributed by atoms with van der Waals surface area (Å²) in [7, 11) is 0. The van der Waals surface area contributed by atoms with Crippen molar-refractivity contribution in [2.45, 2.75) is 44.7 Å². The molecule has 0 saturated heterocycles. The van der Waals surface area contributed by atoms with E-state index in [1.54, 1.807) is 0 Å². The molecule has 0 bridgehead atoms. The van der Waals surface area contributed by atoms with Gasteiger partial charge in [0.2, 0.25) is 5.92 Å². The molecule has 4 heteroatoms. The second-order valence-electron chi connectivity index (χ2n) is 5.66. The van der Waals surface area contributed by atoms with Crippen LogP contribution in [0.15, 0.2) is 24.3 Å². The normalized spacial score (nSPS) is 23.6. The highest BCUT2D eigenvalue weighted by Gasteiger charge is 2.34. The van der Waals surface area contributed by atoms with Crippen LogP contribution >= 0.6 is 0 Å². The zero-order valence-corrected chi connectivity index (χ0v) is 11.1. The largest absolute Gasteiger partial charge is 0.357 e. The quantitative estimate of drug-likeness (QED) is 0.848. The highest BCUT2D eigenvalue weighted by molar-refractivity contribution is 5.85. The highest BCUT2D eigenvalue weighted by Crippen LogP contribution is 2.36. The van der Waals surface area contributed by atoms with Crippen molar-refractivity contribution >= 4 is 10.9 Å². The third kappa shape index (κ3) is 2.37. The molecule has 0 amide bonds. The first-order valence-corrected chi connectivity index (χ1v) is 6.67. The Kier molecular flexibility index (Phi) is 2.86. The lowest BCUT2D eigenvalue weighted by atomic mass is 9.92. The molecule has 0 fully saturated rings. The molecule has 2 aromatic rings. The number of aromatic nitrogens is 1. The molecule has 2 nitrogen and oxygen atoms in total. The van der Waals surface area contributed by atoms with Crippen molar-refractivity contribution < 1.29 is 8.78 Å². The number of hydrogen-bond donors (Lipinski definition) is 2. The second-order valence-corrected chi connectivity index (χ2v) is 5.66. The minimum atomic E-state index is -2.66. The smallest absolute Gasteiger partial charge is 0.247 e. The van der Waals surface area contributed by atoms with E-state index in [-0.39, 0.29) is 18.5 Å². The molecule has 0 radical (unpaired) electrons. The van der Waals surface area contributed by atoms with Crippen molar-refractivity contribution in [3.63, 3.8) is 0 Å². The van der Waals surface area contributed by atoms with Gasteiger partial charge in [-0.15, -0.1) is 0 Å². The Hall–Kier alpha value is -1.42. The maximum absolute atomic E-state index is 13.3. The Balaban J connectivity index is 2.08. The standard InChI is InChI=1S/C15H18F2N2/c1-9-7-11-10-5-3-4-6-12(10)19-14(11)13(18-9)8-15(2,16)17/h3-6,9,13,18-19H,7-8H2,1-2H3.